The van der Waals surface area contributed by atoms with Gasteiger partial charge in [0.25, 0.3) is 0 Å². The van der Waals surface area contributed by atoms with Crippen LogP contribution in [0.2, 0.25) is 0 Å². The lowest BCUT2D eigenvalue weighted by Crippen LogP contribution is -2.29. The molecule has 5 rings (SSSR count). The Morgan fingerprint density at radius 1 is 1.10 bits per heavy atom. The van der Waals surface area contributed by atoms with Crippen LogP contribution >= 0.6 is 12.2 Å². The predicted molar refractivity (Wildman–Crippen MR) is 127 cm³/mol. The number of aryl methyl sites for hydroxylation is 1. The smallest absolute Gasteiger partial charge is 0.170 e. The normalized spacial score (nSPS) is 21.6. The second-order valence-corrected chi connectivity index (χ2v) is 9.14. The second kappa shape index (κ2) is 8.42. The average Bonchev–Trinajstić information content (AvgIpc) is 3.49. The number of nitrogens with one attached hydrogen (secondary N) is 1. The molecule has 3 aromatic heterocycles. The first-order valence-corrected chi connectivity index (χ1v) is 11.6. The Morgan fingerprint density at radius 2 is 1.94 bits per heavy atom. The molecule has 0 amide bonds. The molecule has 3 aromatic rings. The Morgan fingerprint density at radius 3 is 2.65 bits per heavy atom. The highest BCUT2D eigenvalue weighted by molar-refractivity contribution is 7.80. The van der Waals surface area contributed by atoms with Gasteiger partial charge in [-0.25, -0.2) is 0 Å². The van der Waals surface area contributed by atoms with Crippen molar-refractivity contribution in [2.75, 3.05) is 0 Å². The van der Waals surface area contributed by atoms with Gasteiger partial charge in [-0.05, 0) is 74.3 Å². The van der Waals surface area contributed by atoms with Gasteiger partial charge >= 0.3 is 0 Å². The standard InChI is InChI=1S/C25H29N5S/c1-17-14-21(18(2)30(17)20-9-3-4-10-20)24-23(22-11-5-6-13-27-22)28-25(31)29(24)16-19-8-7-12-26-15-19/h5-8,11-15,20,23-24H,3-4,9-10,16H2,1-2H3,(H,28,31)/t23-,24+/m0/s1. The lowest BCUT2D eigenvalue weighted by molar-refractivity contribution is 0.309. The van der Waals surface area contributed by atoms with Crippen molar-refractivity contribution in [3.8, 4) is 0 Å². The molecule has 1 aliphatic heterocycles. The molecule has 0 radical (unpaired) electrons. The van der Waals surface area contributed by atoms with Crippen LogP contribution in [0.4, 0.5) is 0 Å². The van der Waals surface area contributed by atoms with Gasteiger partial charge in [0.2, 0.25) is 0 Å². The fourth-order valence-electron chi connectivity index (χ4n) is 5.43. The summed E-state index contributed by atoms with van der Waals surface area (Å²) in [6, 6.07) is 13.3. The fourth-order valence-corrected chi connectivity index (χ4v) is 5.73. The van der Waals surface area contributed by atoms with Crippen LogP contribution in [0.3, 0.4) is 0 Å². The highest BCUT2D eigenvalue weighted by atomic mass is 32.1. The first-order chi connectivity index (χ1) is 15.1. The topological polar surface area (TPSA) is 46.0 Å². The summed E-state index contributed by atoms with van der Waals surface area (Å²) < 4.78 is 2.57. The zero-order chi connectivity index (χ0) is 21.4. The molecule has 160 valence electrons. The van der Waals surface area contributed by atoms with Crippen molar-refractivity contribution in [2.24, 2.45) is 0 Å². The van der Waals surface area contributed by atoms with Gasteiger partial charge in [0.15, 0.2) is 5.11 Å². The Labute approximate surface area is 189 Å². The summed E-state index contributed by atoms with van der Waals surface area (Å²) in [5.74, 6) is 0. The summed E-state index contributed by atoms with van der Waals surface area (Å²) in [4.78, 5) is 11.3. The van der Waals surface area contributed by atoms with Crippen LogP contribution in [0.1, 0.15) is 72.0 Å². The first kappa shape index (κ1) is 20.2. The van der Waals surface area contributed by atoms with Crippen molar-refractivity contribution in [3.63, 3.8) is 0 Å². The maximum absolute atomic E-state index is 5.84. The minimum absolute atomic E-state index is 0.0166. The largest absolute Gasteiger partial charge is 0.352 e. The number of pyridine rings is 2. The highest BCUT2D eigenvalue weighted by Gasteiger charge is 2.41. The van der Waals surface area contributed by atoms with Crippen LogP contribution in [0.25, 0.3) is 0 Å². The molecule has 31 heavy (non-hydrogen) atoms. The van der Waals surface area contributed by atoms with E-state index in [0.29, 0.717) is 6.04 Å². The molecular weight excluding hydrogens is 402 g/mol. The third kappa shape index (κ3) is 3.74. The van der Waals surface area contributed by atoms with Crippen LogP contribution < -0.4 is 5.32 Å². The van der Waals surface area contributed by atoms with Crippen molar-refractivity contribution < 1.29 is 0 Å². The summed E-state index contributed by atoms with van der Waals surface area (Å²) in [7, 11) is 0. The van der Waals surface area contributed by atoms with Gasteiger partial charge in [-0.2, -0.15) is 0 Å². The maximum atomic E-state index is 5.84. The van der Waals surface area contributed by atoms with E-state index in [2.05, 4.69) is 62.9 Å². The number of hydrogen-bond acceptors (Lipinski definition) is 3. The zero-order valence-electron chi connectivity index (χ0n) is 18.2. The number of rotatable bonds is 5. The van der Waals surface area contributed by atoms with Gasteiger partial charge in [-0.1, -0.05) is 25.0 Å². The highest BCUT2D eigenvalue weighted by Crippen LogP contribution is 2.43. The van der Waals surface area contributed by atoms with Crippen molar-refractivity contribution in [1.82, 2.24) is 24.8 Å². The van der Waals surface area contributed by atoms with E-state index in [1.54, 1.807) is 0 Å². The van der Waals surface area contributed by atoms with Crippen LogP contribution in [0.5, 0.6) is 0 Å². The molecule has 0 unspecified atom stereocenters. The summed E-state index contributed by atoms with van der Waals surface area (Å²) in [6.07, 6.45) is 10.8. The number of thiocarbonyl (C=S) groups is 1. The van der Waals surface area contributed by atoms with E-state index >= 15 is 0 Å². The summed E-state index contributed by atoms with van der Waals surface area (Å²) in [6.45, 7) is 5.25. The molecule has 0 spiro atoms. The molecule has 1 saturated heterocycles. The molecule has 2 aliphatic rings. The van der Waals surface area contributed by atoms with Gasteiger partial charge < -0.3 is 14.8 Å². The van der Waals surface area contributed by atoms with Crippen LogP contribution in [0.15, 0.2) is 55.0 Å². The van der Waals surface area contributed by atoms with Crippen LogP contribution in [0, 0.1) is 13.8 Å². The number of nitrogens with zero attached hydrogens (tertiary/aromatic N) is 4. The fraction of sp³-hybridized carbons (Fsp3) is 0.400. The van der Waals surface area contributed by atoms with Gasteiger partial charge in [-0.15, -0.1) is 0 Å². The molecule has 1 N–H and O–H groups in total. The Kier molecular flexibility index (Phi) is 5.48. The molecule has 0 aromatic carbocycles. The van der Waals surface area contributed by atoms with Crippen molar-refractivity contribution in [1.29, 1.82) is 0 Å². The number of hydrogen-bond donors (Lipinski definition) is 1. The lowest BCUT2D eigenvalue weighted by atomic mass is 9.96. The van der Waals surface area contributed by atoms with Gasteiger partial charge in [-0.3, -0.25) is 9.97 Å². The Balaban J connectivity index is 1.58. The van der Waals surface area contributed by atoms with Crippen LogP contribution in [-0.4, -0.2) is 24.5 Å². The average molecular weight is 432 g/mol. The maximum Gasteiger partial charge on any atom is 0.170 e. The van der Waals surface area contributed by atoms with E-state index in [9.17, 15) is 0 Å². The van der Waals surface area contributed by atoms with E-state index < -0.39 is 0 Å². The SMILES string of the molecule is Cc1cc([C@@H]2[C@H](c3ccccn3)NC(=S)N2Cc2cccnc2)c(C)n1C1CCCC1. The van der Waals surface area contributed by atoms with Gasteiger partial charge in [0, 0.05) is 42.6 Å². The molecule has 4 heterocycles. The molecule has 2 fully saturated rings. The monoisotopic (exact) mass is 431 g/mol. The van der Waals surface area contributed by atoms with E-state index in [0.717, 1.165) is 22.9 Å². The third-order valence-electron chi connectivity index (χ3n) is 6.81. The molecule has 2 atom stereocenters. The van der Waals surface area contributed by atoms with Crippen molar-refractivity contribution >= 4 is 17.3 Å². The van der Waals surface area contributed by atoms with Gasteiger partial charge in [0.1, 0.15) is 0 Å². The van der Waals surface area contributed by atoms with E-state index in [1.807, 2.05) is 30.7 Å². The van der Waals surface area contributed by atoms with Crippen molar-refractivity contribution in [2.45, 2.75) is 64.2 Å². The summed E-state index contributed by atoms with van der Waals surface area (Å²) in [5.41, 5.74) is 6.23. The lowest BCUT2D eigenvalue weighted by Gasteiger charge is -2.28. The minimum atomic E-state index is 0.0166. The minimum Gasteiger partial charge on any atom is -0.352 e. The molecule has 1 aliphatic carbocycles. The number of aromatic nitrogens is 3. The molecule has 1 saturated carbocycles. The second-order valence-electron chi connectivity index (χ2n) is 8.75. The zero-order valence-corrected chi connectivity index (χ0v) is 19.0. The Hall–Kier alpha value is -2.73. The van der Waals surface area contributed by atoms with Gasteiger partial charge in [0.05, 0.1) is 17.8 Å². The van der Waals surface area contributed by atoms with Crippen molar-refractivity contribution in [3.05, 3.63) is 83.2 Å². The molecule has 0 bridgehead atoms. The summed E-state index contributed by atoms with van der Waals surface area (Å²) in [5, 5.41) is 4.35. The molecule has 6 heteroatoms. The van der Waals surface area contributed by atoms with E-state index in [-0.39, 0.29) is 12.1 Å². The quantitative estimate of drug-likeness (QED) is 0.564. The Bertz CT molecular complexity index is 1060. The predicted octanol–water partition coefficient (Wildman–Crippen LogP) is 5.18. The first-order valence-electron chi connectivity index (χ1n) is 11.2. The van der Waals surface area contributed by atoms with E-state index in [4.69, 9.17) is 12.2 Å². The van der Waals surface area contributed by atoms with Crippen LogP contribution in [-0.2, 0) is 6.54 Å². The molecule has 5 nitrogen and oxygen atoms in total. The summed E-state index contributed by atoms with van der Waals surface area (Å²) >= 11 is 5.84. The molecular formula is C25H29N5S. The van der Waals surface area contributed by atoms with E-state index in [1.165, 1.54) is 42.6 Å². The third-order valence-corrected chi connectivity index (χ3v) is 7.16.